The summed E-state index contributed by atoms with van der Waals surface area (Å²) in [5.41, 5.74) is 1.30. The molecule has 3 heteroatoms. The van der Waals surface area contributed by atoms with Crippen LogP contribution in [0.2, 0.25) is 0 Å². The molecule has 0 aromatic carbocycles. The van der Waals surface area contributed by atoms with Crippen molar-refractivity contribution in [2.24, 2.45) is 0 Å². The summed E-state index contributed by atoms with van der Waals surface area (Å²) in [6, 6.07) is 0. The van der Waals surface area contributed by atoms with E-state index in [-0.39, 0.29) is 0 Å². The summed E-state index contributed by atoms with van der Waals surface area (Å²) >= 11 is 0. The number of nitrogens with zero attached hydrogens (tertiary/aromatic N) is 1. The van der Waals surface area contributed by atoms with Crippen molar-refractivity contribution >= 4 is 5.97 Å². The summed E-state index contributed by atoms with van der Waals surface area (Å²) in [6.07, 6.45) is 11.0. The molecular formula is C10H9NO2. The highest BCUT2D eigenvalue weighted by Gasteiger charge is 2.14. The van der Waals surface area contributed by atoms with Crippen LogP contribution in [0.4, 0.5) is 0 Å². The Morgan fingerprint density at radius 1 is 1.46 bits per heavy atom. The number of fused-ring (bicyclic) bond motifs is 1. The summed E-state index contributed by atoms with van der Waals surface area (Å²) in [5.74, 6) is -0.866. The molecule has 2 aliphatic heterocycles. The molecule has 13 heavy (non-hydrogen) atoms. The molecular weight excluding hydrogens is 166 g/mol. The highest BCUT2D eigenvalue weighted by molar-refractivity contribution is 5.90. The number of allylic oxidation sites excluding steroid dienone is 3. The topological polar surface area (TPSA) is 40.5 Å². The first kappa shape index (κ1) is 7.86. The van der Waals surface area contributed by atoms with E-state index in [9.17, 15) is 4.79 Å². The summed E-state index contributed by atoms with van der Waals surface area (Å²) in [4.78, 5) is 12.6. The fraction of sp³-hybridized carbons (Fsp3) is 0.100. The Kier molecular flexibility index (Phi) is 1.77. The number of carboxylic acid groups (broad SMARTS) is 1. The average molecular weight is 175 g/mol. The second-order valence-electron chi connectivity index (χ2n) is 2.89. The van der Waals surface area contributed by atoms with Crippen LogP contribution in [-0.2, 0) is 4.79 Å². The van der Waals surface area contributed by atoms with Gasteiger partial charge >= 0.3 is 5.97 Å². The van der Waals surface area contributed by atoms with Gasteiger partial charge in [0.1, 0.15) is 0 Å². The van der Waals surface area contributed by atoms with Crippen molar-refractivity contribution in [2.75, 3.05) is 6.54 Å². The Labute approximate surface area is 76.0 Å². The maximum absolute atomic E-state index is 10.7. The van der Waals surface area contributed by atoms with Crippen LogP contribution in [0, 0.1) is 0 Å². The van der Waals surface area contributed by atoms with Crippen molar-refractivity contribution in [3.05, 3.63) is 47.9 Å². The van der Waals surface area contributed by atoms with Gasteiger partial charge in [0, 0.05) is 18.4 Å². The van der Waals surface area contributed by atoms with E-state index in [4.69, 9.17) is 5.11 Å². The molecule has 66 valence electrons. The van der Waals surface area contributed by atoms with Gasteiger partial charge in [0.05, 0.1) is 5.57 Å². The van der Waals surface area contributed by atoms with Gasteiger partial charge < -0.3 is 10.0 Å². The first-order valence-electron chi connectivity index (χ1n) is 4.04. The second-order valence-corrected chi connectivity index (χ2v) is 2.89. The van der Waals surface area contributed by atoms with Gasteiger partial charge in [-0.25, -0.2) is 4.79 Å². The van der Waals surface area contributed by atoms with Crippen LogP contribution in [-0.4, -0.2) is 22.5 Å². The molecule has 2 heterocycles. The third-order valence-electron chi connectivity index (χ3n) is 2.03. The average Bonchev–Trinajstić information content (AvgIpc) is 2.17. The number of carboxylic acids is 1. The summed E-state index contributed by atoms with van der Waals surface area (Å²) in [7, 11) is 0. The molecule has 2 rings (SSSR count). The molecule has 0 spiro atoms. The van der Waals surface area contributed by atoms with Crippen LogP contribution >= 0.6 is 0 Å². The molecule has 0 aliphatic carbocycles. The maximum Gasteiger partial charge on any atom is 0.335 e. The summed E-state index contributed by atoms with van der Waals surface area (Å²) < 4.78 is 0. The molecule has 0 saturated heterocycles. The number of rotatable bonds is 1. The van der Waals surface area contributed by atoms with Gasteiger partial charge in [0.2, 0.25) is 0 Å². The highest BCUT2D eigenvalue weighted by Crippen LogP contribution is 2.19. The van der Waals surface area contributed by atoms with Crippen LogP contribution in [0.15, 0.2) is 47.9 Å². The van der Waals surface area contributed by atoms with E-state index in [1.54, 1.807) is 12.2 Å². The van der Waals surface area contributed by atoms with E-state index in [1.807, 2.05) is 29.3 Å². The molecule has 0 amide bonds. The number of hydrogen-bond acceptors (Lipinski definition) is 2. The van der Waals surface area contributed by atoms with Gasteiger partial charge in [0.25, 0.3) is 0 Å². The van der Waals surface area contributed by atoms with E-state index in [0.717, 1.165) is 5.70 Å². The normalized spacial score (nSPS) is 19.2. The van der Waals surface area contributed by atoms with Crippen LogP contribution < -0.4 is 0 Å². The third-order valence-corrected chi connectivity index (χ3v) is 2.03. The molecule has 3 nitrogen and oxygen atoms in total. The fourth-order valence-electron chi connectivity index (χ4n) is 1.35. The van der Waals surface area contributed by atoms with Crippen LogP contribution in [0.5, 0.6) is 0 Å². The molecule has 0 saturated carbocycles. The minimum atomic E-state index is -0.866. The van der Waals surface area contributed by atoms with Crippen LogP contribution in [0.3, 0.4) is 0 Å². The summed E-state index contributed by atoms with van der Waals surface area (Å²) in [5, 5.41) is 8.76. The maximum atomic E-state index is 10.7. The molecule has 1 N–H and O–H groups in total. The molecule has 0 fully saturated rings. The lowest BCUT2D eigenvalue weighted by Gasteiger charge is -2.25. The minimum Gasteiger partial charge on any atom is -0.478 e. The summed E-state index contributed by atoms with van der Waals surface area (Å²) in [6.45, 7) is 0.633. The number of aliphatic carboxylic acids is 1. The zero-order valence-electron chi connectivity index (χ0n) is 6.97. The van der Waals surface area contributed by atoms with Crippen LogP contribution in [0.1, 0.15) is 0 Å². The molecule has 0 unspecified atom stereocenters. The fourth-order valence-corrected chi connectivity index (χ4v) is 1.35. The Bertz CT molecular complexity index is 361. The molecule has 2 aliphatic rings. The molecule has 0 atom stereocenters. The lowest BCUT2D eigenvalue weighted by atomic mass is 10.1. The van der Waals surface area contributed by atoms with Crippen molar-refractivity contribution in [2.45, 2.75) is 0 Å². The molecule has 0 aromatic heterocycles. The molecule has 0 bridgehead atoms. The zero-order valence-corrected chi connectivity index (χ0v) is 6.97. The predicted molar refractivity (Wildman–Crippen MR) is 48.8 cm³/mol. The monoisotopic (exact) mass is 175 g/mol. The van der Waals surface area contributed by atoms with Gasteiger partial charge in [-0.15, -0.1) is 0 Å². The van der Waals surface area contributed by atoms with Crippen molar-refractivity contribution in [1.82, 2.24) is 4.90 Å². The zero-order chi connectivity index (χ0) is 9.26. The van der Waals surface area contributed by atoms with Crippen molar-refractivity contribution in [3.8, 4) is 0 Å². The third kappa shape index (κ3) is 1.40. The lowest BCUT2D eigenvalue weighted by molar-refractivity contribution is -0.132. The van der Waals surface area contributed by atoms with E-state index in [2.05, 4.69) is 0 Å². The molecule has 0 radical (unpaired) electrons. The minimum absolute atomic E-state index is 0.367. The van der Waals surface area contributed by atoms with Gasteiger partial charge in [-0.05, 0) is 18.2 Å². The van der Waals surface area contributed by atoms with E-state index in [1.165, 1.54) is 0 Å². The van der Waals surface area contributed by atoms with Crippen molar-refractivity contribution in [3.63, 3.8) is 0 Å². The van der Waals surface area contributed by atoms with Crippen LogP contribution in [0.25, 0.3) is 0 Å². The first-order valence-corrected chi connectivity index (χ1v) is 4.04. The van der Waals surface area contributed by atoms with Gasteiger partial charge in [-0.3, -0.25) is 0 Å². The smallest absolute Gasteiger partial charge is 0.335 e. The first-order chi connectivity index (χ1) is 6.27. The number of hydrogen-bond donors (Lipinski definition) is 1. The standard InChI is InChI=1S/C10H9NO2/c12-10(13)8-4-6-11-5-2-1-3-9(11)7-8/h1-5,7H,6H2,(H,12,13). The van der Waals surface area contributed by atoms with E-state index >= 15 is 0 Å². The van der Waals surface area contributed by atoms with E-state index < -0.39 is 5.97 Å². The second kappa shape index (κ2) is 2.94. The lowest BCUT2D eigenvalue weighted by Crippen LogP contribution is -2.22. The highest BCUT2D eigenvalue weighted by atomic mass is 16.4. The van der Waals surface area contributed by atoms with E-state index in [0.29, 0.717) is 12.1 Å². The Hall–Kier alpha value is -1.77. The van der Waals surface area contributed by atoms with Crippen molar-refractivity contribution in [1.29, 1.82) is 0 Å². The Morgan fingerprint density at radius 3 is 3.08 bits per heavy atom. The van der Waals surface area contributed by atoms with Gasteiger partial charge in [-0.1, -0.05) is 12.2 Å². The SMILES string of the molecule is O=C(O)C1=CCN2C=CC=CC2=C1. The van der Waals surface area contributed by atoms with Gasteiger partial charge in [0.15, 0.2) is 0 Å². The predicted octanol–water partition coefficient (Wildman–Crippen LogP) is 1.28. The Morgan fingerprint density at radius 2 is 2.31 bits per heavy atom. The molecule has 0 aromatic rings. The van der Waals surface area contributed by atoms with Gasteiger partial charge in [-0.2, -0.15) is 0 Å². The number of carbonyl (C=O) groups is 1. The van der Waals surface area contributed by atoms with Crippen molar-refractivity contribution < 1.29 is 9.90 Å². The Balaban J connectivity index is 2.30. The quantitative estimate of drug-likeness (QED) is 0.652. The largest absolute Gasteiger partial charge is 0.478 e.